The van der Waals surface area contributed by atoms with Crippen LogP contribution in [0.4, 0.5) is 4.79 Å². The Balaban J connectivity index is 1.10. The third-order valence-electron chi connectivity index (χ3n) is 7.15. The number of carbonyl (C=O) groups excluding carboxylic acids is 1. The lowest BCUT2D eigenvalue weighted by molar-refractivity contribution is -0.00218. The van der Waals surface area contributed by atoms with Gasteiger partial charge in [-0.15, -0.1) is 5.10 Å². The molecule has 2 amide bonds. The van der Waals surface area contributed by atoms with Crippen LogP contribution in [0.1, 0.15) is 61.6 Å². The summed E-state index contributed by atoms with van der Waals surface area (Å²) < 4.78 is 13.4. The quantitative estimate of drug-likeness (QED) is 0.697. The van der Waals surface area contributed by atoms with Gasteiger partial charge >= 0.3 is 6.03 Å². The number of nitrogens with one attached hydrogen (secondary N) is 2. The van der Waals surface area contributed by atoms with E-state index in [1.54, 1.807) is 7.11 Å². The van der Waals surface area contributed by atoms with Crippen molar-refractivity contribution < 1.29 is 14.3 Å². The fourth-order valence-corrected chi connectivity index (χ4v) is 5.14. The average Bonchev–Trinajstić information content (AvgIpc) is 3.50. The minimum atomic E-state index is -0.0323. The molecule has 0 bridgehead atoms. The summed E-state index contributed by atoms with van der Waals surface area (Å²) in [5.74, 6) is 0.840. The van der Waals surface area contributed by atoms with E-state index in [9.17, 15) is 4.79 Å². The molecule has 1 aromatic heterocycles. The van der Waals surface area contributed by atoms with Crippen molar-refractivity contribution in [2.24, 2.45) is 0 Å². The van der Waals surface area contributed by atoms with Crippen LogP contribution in [0.25, 0.3) is 0 Å². The van der Waals surface area contributed by atoms with Crippen LogP contribution < -0.4 is 15.4 Å². The molecule has 9 heteroatoms. The monoisotopic (exact) mass is 454 g/mol. The lowest BCUT2D eigenvalue weighted by Gasteiger charge is -2.32. The number of hydrogen-bond donors (Lipinski definition) is 2. The van der Waals surface area contributed by atoms with E-state index in [0.29, 0.717) is 19.2 Å². The van der Waals surface area contributed by atoms with Gasteiger partial charge in [0.25, 0.3) is 0 Å². The molecule has 1 atom stereocenters. The molecule has 1 saturated heterocycles. The van der Waals surface area contributed by atoms with Crippen molar-refractivity contribution in [2.75, 3.05) is 20.2 Å². The maximum absolute atomic E-state index is 12.2. The number of amides is 2. The number of benzene rings is 1. The molecule has 178 valence electrons. The molecular weight excluding hydrogens is 420 g/mol. The molecule has 1 aromatic carbocycles. The number of rotatable bonds is 6. The Morgan fingerprint density at radius 1 is 1.09 bits per heavy atom. The Bertz CT molecular complexity index is 932. The lowest BCUT2D eigenvalue weighted by Crippen LogP contribution is -2.49. The van der Waals surface area contributed by atoms with Gasteiger partial charge in [0.15, 0.2) is 0 Å². The Hall–Kier alpha value is -2.65. The zero-order valence-corrected chi connectivity index (χ0v) is 19.3. The van der Waals surface area contributed by atoms with Gasteiger partial charge in [0.05, 0.1) is 26.0 Å². The van der Waals surface area contributed by atoms with E-state index in [-0.39, 0.29) is 18.2 Å². The molecule has 0 spiro atoms. The topological polar surface area (TPSA) is 93.5 Å². The van der Waals surface area contributed by atoms with Gasteiger partial charge in [-0.2, -0.15) is 0 Å². The molecule has 5 rings (SSSR count). The summed E-state index contributed by atoms with van der Waals surface area (Å²) in [6.07, 6.45) is 6.55. The fourth-order valence-electron chi connectivity index (χ4n) is 5.14. The van der Waals surface area contributed by atoms with Crippen molar-refractivity contribution in [2.45, 2.75) is 76.4 Å². The van der Waals surface area contributed by atoms with Crippen LogP contribution in [0, 0.1) is 0 Å². The molecule has 3 heterocycles. The van der Waals surface area contributed by atoms with Crippen LogP contribution >= 0.6 is 0 Å². The Labute approximate surface area is 194 Å². The summed E-state index contributed by atoms with van der Waals surface area (Å²) >= 11 is 0. The van der Waals surface area contributed by atoms with Crippen LogP contribution in [0.3, 0.4) is 0 Å². The maximum Gasteiger partial charge on any atom is 0.315 e. The van der Waals surface area contributed by atoms with Gasteiger partial charge in [-0.3, -0.25) is 4.90 Å². The first-order valence-electron chi connectivity index (χ1n) is 12.1. The van der Waals surface area contributed by atoms with Gasteiger partial charge < -0.3 is 20.1 Å². The Morgan fingerprint density at radius 2 is 1.79 bits per heavy atom. The van der Waals surface area contributed by atoms with Crippen LogP contribution in [0.15, 0.2) is 24.3 Å². The van der Waals surface area contributed by atoms with Crippen molar-refractivity contribution in [3.63, 3.8) is 0 Å². The second-order valence-corrected chi connectivity index (χ2v) is 9.39. The Kier molecular flexibility index (Phi) is 6.78. The first-order chi connectivity index (χ1) is 16.2. The summed E-state index contributed by atoms with van der Waals surface area (Å²) in [7, 11) is 1.67. The van der Waals surface area contributed by atoms with Gasteiger partial charge in [0.1, 0.15) is 17.5 Å². The SMILES string of the molecule is COc1ccc(C2Cn3nnc(CN4CCC(NC(=O)NC5CCCC5)CC4)c3CO2)cc1. The number of ether oxygens (including phenoxy) is 2. The van der Waals surface area contributed by atoms with Crippen LogP contribution in [0.5, 0.6) is 5.75 Å². The standard InChI is InChI=1S/C24H34N6O3/c1-32-20-8-6-17(7-9-20)23-15-30-22(16-33-23)21(27-28-30)14-29-12-10-19(11-13-29)26-24(31)25-18-4-2-3-5-18/h6-9,18-19,23H,2-5,10-16H2,1H3,(H2,25,26,31). The third kappa shape index (κ3) is 5.30. The first kappa shape index (κ1) is 22.2. The second kappa shape index (κ2) is 10.1. The number of likely N-dealkylation sites (tertiary alicyclic amines) is 1. The minimum Gasteiger partial charge on any atom is -0.497 e. The summed E-state index contributed by atoms with van der Waals surface area (Å²) in [6, 6.07) is 8.59. The predicted octanol–water partition coefficient (Wildman–Crippen LogP) is 2.76. The zero-order chi connectivity index (χ0) is 22.6. The summed E-state index contributed by atoms with van der Waals surface area (Å²) in [6.45, 7) is 3.83. The maximum atomic E-state index is 12.2. The number of piperidine rings is 1. The molecule has 2 aromatic rings. The number of aromatic nitrogens is 3. The highest BCUT2D eigenvalue weighted by molar-refractivity contribution is 5.74. The zero-order valence-electron chi connectivity index (χ0n) is 19.3. The smallest absolute Gasteiger partial charge is 0.315 e. The third-order valence-corrected chi connectivity index (χ3v) is 7.15. The fraction of sp³-hybridized carbons (Fsp3) is 0.625. The molecule has 33 heavy (non-hydrogen) atoms. The van der Waals surface area contributed by atoms with Gasteiger partial charge in [0, 0.05) is 31.7 Å². The van der Waals surface area contributed by atoms with E-state index < -0.39 is 0 Å². The number of urea groups is 1. The number of methoxy groups -OCH3 is 1. The van der Waals surface area contributed by atoms with Gasteiger partial charge in [-0.1, -0.05) is 30.2 Å². The highest BCUT2D eigenvalue weighted by atomic mass is 16.5. The highest BCUT2D eigenvalue weighted by Gasteiger charge is 2.28. The van der Waals surface area contributed by atoms with Crippen molar-refractivity contribution in [3.05, 3.63) is 41.2 Å². The Morgan fingerprint density at radius 3 is 2.48 bits per heavy atom. The molecule has 9 nitrogen and oxygen atoms in total. The molecule has 2 fully saturated rings. The van der Waals surface area contributed by atoms with Crippen LogP contribution in [-0.4, -0.2) is 58.2 Å². The van der Waals surface area contributed by atoms with E-state index in [1.807, 2.05) is 28.9 Å². The van der Waals surface area contributed by atoms with Crippen LogP contribution in [0.2, 0.25) is 0 Å². The number of fused-ring (bicyclic) bond motifs is 1. The van der Waals surface area contributed by atoms with E-state index in [4.69, 9.17) is 9.47 Å². The normalized spacial score (nSPS) is 22.2. The van der Waals surface area contributed by atoms with Gasteiger partial charge in [0.2, 0.25) is 0 Å². The lowest BCUT2D eigenvalue weighted by atomic mass is 10.0. The van der Waals surface area contributed by atoms with Gasteiger partial charge in [-0.05, 0) is 43.4 Å². The molecule has 1 aliphatic carbocycles. The minimum absolute atomic E-state index is 0.00344. The highest BCUT2D eigenvalue weighted by Crippen LogP contribution is 2.28. The summed E-state index contributed by atoms with van der Waals surface area (Å²) in [5.41, 5.74) is 3.18. The second-order valence-electron chi connectivity index (χ2n) is 9.39. The van der Waals surface area contributed by atoms with E-state index >= 15 is 0 Å². The summed E-state index contributed by atoms with van der Waals surface area (Å²) in [5, 5.41) is 15.2. The number of nitrogens with zero attached hydrogens (tertiary/aromatic N) is 4. The van der Waals surface area contributed by atoms with E-state index in [1.165, 1.54) is 12.8 Å². The molecule has 2 aliphatic heterocycles. The van der Waals surface area contributed by atoms with Gasteiger partial charge in [-0.25, -0.2) is 9.48 Å². The van der Waals surface area contributed by atoms with Crippen molar-refractivity contribution in [1.29, 1.82) is 0 Å². The van der Waals surface area contributed by atoms with E-state index in [0.717, 1.165) is 68.0 Å². The predicted molar refractivity (Wildman–Crippen MR) is 123 cm³/mol. The van der Waals surface area contributed by atoms with Crippen molar-refractivity contribution >= 4 is 6.03 Å². The average molecular weight is 455 g/mol. The molecule has 0 radical (unpaired) electrons. The molecule has 3 aliphatic rings. The molecule has 1 unspecified atom stereocenters. The number of carbonyl (C=O) groups is 1. The summed E-state index contributed by atoms with van der Waals surface area (Å²) in [4.78, 5) is 14.6. The first-order valence-corrected chi connectivity index (χ1v) is 12.1. The molecular formula is C24H34N6O3. The van der Waals surface area contributed by atoms with Crippen LogP contribution in [-0.2, 0) is 24.4 Å². The van der Waals surface area contributed by atoms with Crippen molar-refractivity contribution in [1.82, 2.24) is 30.5 Å². The number of hydrogen-bond acceptors (Lipinski definition) is 6. The van der Waals surface area contributed by atoms with Crippen molar-refractivity contribution in [3.8, 4) is 5.75 Å². The largest absolute Gasteiger partial charge is 0.497 e. The van der Waals surface area contributed by atoms with E-state index in [2.05, 4.69) is 25.8 Å². The molecule has 2 N–H and O–H groups in total. The molecule has 1 saturated carbocycles.